The topological polar surface area (TPSA) is 66.4 Å². The molecule has 2 aliphatic rings. The SMILES string of the molecule is CCc1ccc(CO)cc1S(=O)(=O)NC1CC2CCC1C2. The summed E-state index contributed by atoms with van der Waals surface area (Å²) in [5.41, 5.74) is 1.45. The van der Waals surface area contributed by atoms with Crippen LogP contribution in [-0.2, 0) is 23.1 Å². The molecule has 21 heavy (non-hydrogen) atoms. The number of hydrogen-bond donors (Lipinski definition) is 2. The standard InChI is InChI=1S/C16H23NO3S/c1-2-13-5-4-12(10-18)9-16(13)21(19,20)17-15-8-11-3-6-14(15)7-11/h4-5,9,11,14-15,17-18H,2-3,6-8,10H2,1H3. The summed E-state index contributed by atoms with van der Waals surface area (Å²) in [6.45, 7) is 1.81. The Bertz CT molecular complexity index is 626. The van der Waals surface area contributed by atoms with Crippen LogP contribution in [-0.4, -0.2) is 19.6 Å². The maximum atomic E-state index is 12.7. The average Bonchev–Trinajstić information content (AvgIpc) is 3.08. The van der Waals surface area contributed by atoms with Gasteiger partial charge in [0.15, 0.2) is 0 Å². The fourth-order valence-electron chi connectivity index (χ4n) is 3.89. The molecule has 2 saturated carbocycles. The highest BCUT2D eigenvalue weighted by Crippen LogP contribution is 2.44. The third-order valence-electron chi connectivity index (χ3n) is 5.03. The Morgan fingerprint density at radius 2 is 2.10 bits per heavy atom. The van der Waals surface area contributed by atoms with Gasteiger partial charge in [-0.3, -0.25) is 0 Å². The second kappa shape index (κ2) is 5.71. The van der Waals surface area contributed by atoms with Gasteiger partial charge in [-0.05, 0) is 54.7 Å². The lowest BCUT2D eigenvalue weighted by Gasteiger charge is -2.23. The van der Waals surface area contributed by atoms with Crippen LogP contribution in [0.4, 0.5) is 0 Å². The summed E-state index contributed by atoms with van der Waals surface area (Å²) in [4.78, 5) is 0.333. The third-order valence-corrected chi connectivity index (χ3v) is 6.60. The van der Waals surface area contributed by atoms with Crippen LogP contribution in [0.3, 0.4) is 0 Å². The second-order valence-corrected chi connectivity index (χ2v) is 8.04. The molecule has 2 bridgehead atoms. The minimum absolute atomic E-state index is 0.0937. The zero-order valence-corrected chi connectivity index (χ0v) is 13.2. The number of aliphatic hydroxyl groups is 1. The number of benzene rings is 1. The molecule has 0 spiro atoms. The molecule has 0 heterocycles. The van der Waals surface area contributed by atoms with Gasteiger partial charge in [0.2, 0.25) is 10.0 Å². The highest BCUT2D eigenvalue weighted by molar-refractivity contribution is 7.89. The molecule has 1 aromatic carbocycles. The Labute approximate surface area is 126 Å². The van der Waals surface area contributed by atoms with Crippen LogP contribution in [0.1, 0.15) is 43.7 Å². The summed E-state index contributed by atoms with van der Waals surface area (Å²) in [5.74, 6) is 1.22. The van der Waals surface area contributed by atoms with E-state index in [1.807, 2.05) is 6.92 Å². The molecule has 1 aromatic rings. The van der Waals surface area contributed by atoms with Crippen molar-refractivity contribution < 1.29 is 13.5 Å². The number of fused-ring (bicyclic) bond motifs is 2. The first-order valence-electron chi connectivity index (χ1n) is 7.78. The number of sulfonamides is 1. The van der Waals surface area contributed by atoms with E-state index in [-0.39, 0.29) is 12.6 Å². The smallest absolute Gasteiger partial charge is 0.241 e. The lowest BCUT2D eigenvalue weighted by atomic mass is 9.96. The minimum atomic E-state index is -3.50. The van der Waals surface area contributed by atoms with Crippen molar-refractivity contribution in [2.45, 2.75) is 56.6 Å². The fraction of sp³-hybridized carbons (Fsp3) is 0.625. The van der Waals surface area contributed by atoms with Crippen LogP contribution in [0.2, 0.25) is 0 Å². The van der Waals surface area contributed by atoms with Crippen molar-refractivity contribution in [1.29, 1.82) is 0 Å². The van der Waals surface area contributed by atoms with Crippen molar-refractivity contribution in [2.24, 2.45) is 11.8 Å². The molecule has 3 unspecified atom stereocenters. The predicted molar refractivity (Wildman–Crippen MR) is 81.3 cm³/mol. The lowest BCUT2D eigenvalue weighted by Crippen LogP contribution is -2.38. The summed E-state index contributed by atoms with van der Waals surface area (Å²) < 4.78 is 28.4. The van der Waals surface area contributed by atoms with E-state index in [1.54, 1.807) is 18.2 Å². The van der Waals surface area contributed by atoms with Crippen LogP contribution in [0.25, 0.3) is 0 Å². The number of nitrogens with one attached hydrogen (secondary N) is 1. The Morgan fingerprint density at radius 1 is 1.29 bits per heavy atom. The van der Waals surface area contributed by atoms with Gasteiger partial charge in [-0.15, -0.1) is 0 Å². The van der Waals surface area contributed by atoms with E-state index < -0.39 is 10.0 Å². The van der Waals surface area contributed by atoms with Gasteiger partial charge in [0, 0.05) is 6.04 Å². The van der Waals surface area contributed by atoms with E-state index in [1.165, 1.54) is 12.8 Å². The first-order chi connectivity index (χ1) is 10.0. The van der Waals surface area contributed by atoms with Crippen molar-refractivity contribution >= 4 is 10.0 Å². The number of rotatable bonds is 5. The van der Waals surface area contributed by atoms with Gasteiger partial charge < -0.3 is 5.11 Å². The van der Waals surface area contributed by atoms with Crippen molar-refractivity contribution in [2.75, 3.05) is 0 Å². The van der Waals surface area contributed by atoms with Crippen LogP contribution in [0, 0.1) is 11.8 Å². The molecule has 116 valence electrons. The molecule has 2 fully saturated rings. The summed E-state index contributed by atoms with van der Waals surface area (Å²) in [6.07, 6.45) is 5.21. The third kappa shape index (κ3) is 2.87. The van der Waals surface area contributed by atoms with Crippen molar-refractivity contribution in [3.05, 3.63) is 29.3 Å². The van der Waals surface area contributed by atoms with Crippen LogP contribution < -0.4 is 4.72 Å². The largest absolute Gasteiger partial charge is 0.392 e. The molecule has 0 aliphatic heterocycles. The molecule has 0 aromatic heterocycles. The molecule has 3 rings (SSSR count). The molecular weight excluding hydrogens is 286 g/mol. The first-order valence-corrected chi connectivity index (χ1v) is 9.26. The summed E-state index contributed by atoms with van der Waals surface area (Å²) >= 11 is 0. The molecular formula is C16H23NO3S. The summed E-state index contributed by atoms with van der Waals surface area (Å²) in [6, 6.07) is 5.29. The monoisotopic (exact) mass is 309 g/mol. The quantitative estimate of drug-likeness (QED) is 0.876. The molecule has 2 N–H and O–H groups in total. The van der Waals surface area contributed by atoms with E-state index in [0.717, 1.165) is 18.4 Å². The first kappa shape index (κ1) is 15.0. The maximum absolute atomic E-state index is 12.7. The zero-order chi connectivity index (χ0) is 15.0. The Kier molecular flexibility index (Phi) is 4.08. The molecule has 0 amide bonds. The maximum Gasteiger partial charge on any atom is 0.241 e. The minimum Gasteiger partial charge on any atom is -0.392 e. The normalized spacial score (nSPS) is 28.2. The van der Waals surface area contributed by atoms with Crippen LogP contribution >= 0.6 is 0 Å². The number of aryl methyl sites for hydroxylation is 1. The van der Waals surface area contributed by atoms with Gasteiger partial charge in [-0.25, -0.2) is 13.1 Å². The van der Waals surface area contributed by atoms with E-state index >= 15 is 0 Å². The number of aliphatic hydroxyl groups excluding tert-OH is 1. The van der Waals surface area contributed by atoms with Gasteiger partial charge in [0.05, 0.1) is 11.5 Å². The molecule has 5 heteroatoms. The molecule has 4 nitrogen and oxygen atoms in total. The Morgan fingerprint density at radius 3 is 2.67 bits per heavy atom. The molecule has 0 saturated heterocycles. The Hall–Kier alpha value is -0.910. The van der Waals surface area contributed by atoms with Crippen molar-refractivity contribution in [1.82, 2.24) is 4.72 Å². The highest BCUT2D eigenvalue weighted by Gasteiger charge is 2.41. The zero-order valence-electron chi connectivity index (χ0n) is 12.4. The predicted octanol–water partition coefficient (Wildman–Crippen LogP) is 2.21. The number of hydrogen-bond acceptors (Lipinski definition) is 3. The van der Waals surface area contributed by atoms with Gasteiger partial charge >= 0.3 is 0 Å². The Balaban J connectivity index is 1.87. The van der Waals surface area contributed by atoms with E-state index in [2.05, 4.69) is 4.72 Å². The van der Waals surface area contributed by atoms with E-state index in [4.69, 9.17) is 0 Å². The highest BCUT2D eigenvalue weighted by atomic mass is 32.2. The summed E-state index contributed by atoms with van der Waals surface area (Å²) in [5, 5.41) is 9.25. The van der Waals surface area contributed by atoms with Gasteiger partial charge in [0.1, 0.15) is 0 Å². The van der Waals surface area contributed by atoms with E-state index in [9.17, 15) is 13.5 Å². The summed E-state index contributed by atoms with van der Waals surface area (Å²) in [7, 11) is -3.50. The second-order valence-electron chi connectivity index (χ2n) is 6.36. The van der Waals surface area contributed by atoms with E-state index in [0.29, 0.717) is 28.7 Å². The van der Waals surface area contributed by atoms with Crippen molar-refractivity contribution in [3.8, 4) is 0 Å². The lowest BCUT2D eigenvalue weighted by molar-refractivity contribution is 0.281. The van der Waals surface area contributed by atoms with Crippen LogP contribution in [0.15, 0.2) is 23.1 Å². The fourth-order valence-corrected chi connectivity index (χ4v) is 5.57. The molecule has 3 atom stereocenters. The molecule has 2 aliphatic carbocycles. The van der Waals surface area contributed by atoms with Gasteiger partial charge in [-0.2, -0.15) is 0 Å². The van der Waals surface area contributed by atoms with Gasteiger partial charge in [-0.1, -0.05) is 25.5 Å². The van der Waals surface area contributed by atoms with Crippen molar-refractivity contribution in [3.63, 3.8) is 0 Å². The van der Waals surface area contributed by atoms with Crippen LogP contribution in [0.5, 0.6) is 0 Å². The molecule has 0 radical (unpaired) electrons. The average molecular weight is 309 g/mol. The van der Waals surface area contributed by atoms with Gasteiger partial charge in [0.25, 0.3) is 0 Å².